The highest BCUT2D eigenvalue weighted by Gasteiger charge is 2.20. The number of hydrogen-bond acceptors (Lipinski definition) is 6. The molecule has 1 saturated heterocycles. The molecule has 0 spiro atoms. The fraction of sp³-hybridized carbons (Fsp3) is 0.471. The van der Waals surface area contributed by atoms with Crippen LogP contribution in [0.2, 0.25) is 5.02 Å². The monoisotopic (exact) mass is 346 g/mol. The van der Waals surface area contributed by atoms with E-state index in [0.29, 0.717) is 5.95 Å². The van der Waals surface area contributed by atoms with Gasteiger partial charge in [-0.1, -0.05) is 17.7 Å². The van der Waals surface area contributed by atoms with E-state index in [2.05, 4.69) is 57.1 Å². The van der Waals surface area contributed by atoms with Crippen LogP contribution in [-0.2, 0) is 0 Å². The van der Waals surface area contributed by atoms with Gasteiger partial charge in [0.1, 0.15) is 0 Å². The van der Waals surface area contributed by atoms with Crippen molar-refractivity contribution in [3.63, 3.8) is 0 Å². The first-order valence-electron chi connectivity index (χ1n) is 8.14. The lowest BCUT2D eigenvalue weighted by Gasteiger charge is -2.36. The maximum Gasteiger partial charge on any atom is 0.247 e. The minimum atomic E-state index is -0.0570. The van der Waals surface area contributed by atoms with Gasteiger partial charge in [0, 0.05) is 42.4 Å². The number of benzene rings is 1. The summed E-state index contributed by atoms with van der Waals surface area (Å²) in [4.78, 5) is 9.09. The summed E-state index contributed by atoms with van der Waals surface area (Å²) in [6.45, 7) is 9.80. The van der Waals surface area contributed by atoms with E-state index in [-0.39, 0.29) is 5.54 Å². The summed E-state index contributed by atoms with van der Waals surface area (Å²) in [5.74, 6) is 1.43. The number of anilines is 3. The number of rotatable bonds is 3. The molecule has 0 atom stereocenters. The van der Waals surface area contributed by atoms with Gasteiger partial charge in [0.05, 0.1) is 6.20 Å². The van der Waals surface area contributed by atoms with Crippen LogP contribution in [0.4, 0.5) is 17.5 Å². The third kappa shape index (κ3) is 4.26. The summed E-state index contributed by atoms with van der Waals surface area (Å²) >= 11 is 6.09. The quantitative estimate of drug-likeness (QED) is 0.921. The molecule has 0 aliphatic carbocycles. The van der Waals surface area contributed by atoms with Crippen molar-refractivity contribution in [3.8, 4) is 0 Å². The molecule has 7 heteroatoms. The van der Waals surface area contributed by atoms with E-state index in [9.17, 15) is 0 Å². The second kappa shape index (κ2) is 6.81. The molecular formula is C17H23ClN6. The van der Waals surface area contributed by atoms with Crippen molar-refractivity contribution >= 4 is 29.1 Å². The Kier molecular flexibility index (Phi) is 4.76. The van der Waals surface area contributed by atoms with Gasteiger partial charge in [-0.05, 0) is 39.0 Å². The maximum absolute atomic E-state index is 6.09. The zero-order valence-electron chi connectivity index (χ0n) is 14.3. The van der Waals surface area contributed by atoms with E-state index in [1.165, 1.54) is 0 Å². The molecule has 2 heterocycles. The van der Waals surface area contributed by atoms with E-state index >= 15 is 0 Å². The number of aromatic nitrogens is 3. The van der Waals surface area contributed by atoms with Gasteiger partial charge in [-0.15, -0.1) is 5.10 Å². The third-order valence-corrected chi connectivity index (χ3v) is 4.02. The molecule has 1 aromatic carbocycles. The van der Waals surface area contributed by atoms with Crippen LogP contribution in [0, 0.1) is 0 Å². The second-order valence-corrected chi connectivity index (χ2v) is 7.41. The molecule has 0 unspecified atom stereocenters. The molecule has 6 nitrogen and oxygen atoms in total. The van der Waals surface area contributed by atoms with Gasteiger partial charge in [-0.3, -0.25) is 0 Å². The molecule has 1 aromatic heterocycles. The highest BCUT2D eigenvalue weighted by atomic mass is 35.5. The van der Waals surface area contributed by atoms with Gasteiger partial charge in [0.25, 0.3) is 0 Å². The van der Waals surface area contributed by atoms with Gasteiger partial charge in [-0.2, -0.15) is 10.1 Å². The normalized spacial score (nSPS) is 15.5. The highest BCUT2D eigenvalue weighted by Crippen LogP contribution is 2.22. The molecule has 0 saturated carbocycles. The first kappa shape index (κ1) is 16.8. The molecule has 2 aromatic rings. The lowest BCUT2D eigenvalue weighted by atomic mass is 10.1. The highest BCUT2D eigenvalue weighted by molar-refractivity contribution is 6.30. The number of piperazine rings is 1. The average Bonchev–Trinajstić information content (AvgIpc) is 2.54. The molecular weight excluding hydrogens is 324 g/mol. The van der Waals surface area contributed by atoms with E-state index < -0.39 is 0 Å². The van der Waals surface area contributed by atoms with Crippen LogP contribution >= 0.6 is 11.6 Å². The Hall–Kier alpha value is -2.08. The lowest BCUT2D eigenvalue weighted by Crippen LogP contribution is -2.47. The van der Waals surface area contributed by atoms with Crippen molar-refractivity contribution in [3.05, 3.63) is 35.5 Å². The number of halogens is 1. The molecule has 1 aliphatic heterocycles. The van der Waals surface area contributed by atoms with Gasteiger partial charge in [-0.25, -0.2) is 0 Å². The third-order valence-electron chi connectivity index (χ3n) is 3.79. The van der Waals surface area contributed by atoms with Crippen molar-refractivity contribution in [2.75, 3.05) is 41.3 Å². The number of hydrogen-bond donors (Lipinski definition) is 1. The summed E-state index contributed by atoms with van der Waals surface area (Å²) in [6, 6.07) is 7.98. The molecule has 0 radical (unpaired) electrons. The largest absolute Gasteiger partial charge is 0.368 e. The van der Waals surface area contributed by atoms with E-state index in [1.807, 2.05) is 18.2 Å². The van der Waals surface area contributed by atoms with Crippen molar-refractivity contribution < 1.29 is 0 Å². The fourth-order valence-corrected chi connectivity index (χ4v) is 2.89. The van der Waals surface area contributed by atoms with E-state index in [0.717, 1.165) is 42.7 Å². The lowest BCUT2D eigenvalue weighted by molar-refractivity contribution is 0.619. The van der Waals surface area contributed by atoms with Crippen molar-refractivity contribution in [2.45, 2.75) is 26.3 Å². The van der Waals surface area contributed by atoms with Crippen molar-refractivity contribution in [2.24, 2.45) is 0 Å². The number of nitrogens with zero attached hydrogens (tertiary/aromatic N) is 5. The van der Waals surface area contributed by atoms with Crippen molar-refractivity contribution in [1.82, 2.24) is 15.2 Å². The fourth-order valence-electron chi connectivity index (χ4n) is 2.71. The average molecular weight is 347 g/mol. The summed E-state index contributed by atoms with van der Waals surface area (Å²) < 4.78 is 0. The van der Waals surface area contributed by atoms with Crippen molar-refractivity contribution in [1.29, 1.82) is 0 Å². The Morgan fingerprint density at radius 2 is 1.79 bits per heavy atom. The van der Waals surface area contributed by atoms with Crippen LogP contribution in [0.25, 0.3) is 0 Å². The molecule has 1 N–H and O–H groups in total. The first-order chi connectivity index (χ1) is 11.4. The molecule has 24 heavy (non-hydrogen) atoms. The Bertz CT molecular complexity index is 691. The summed E-state index contributed by atoms with van der Waals surface area (Å²) in [5, 5.41) is 12.4. The Labute approximate surface area is 147 Å². The minimum absolute atomic E-state index is 0.0570. The smallest absolute Gasteiger partial charge is 0.247 e. The van der Waals surface area contributed by atoms with E-state index in [4.69, 9.17) is 11.6 Å². The Balaban J connectivity index is 1.65. The van der Waals surface area contributed by atoms with Crippen LogP contribution in [-0.4, -0.2) is 46.9 Å². The SMILES string of the molecule is CC(C)(C)Nc1cnnc(N2CCN(c3cccc(Cl)c3)CC2)n1. The van der Waals surface area contributed by atoms with Gasteiger partial charge < -0.3 is 15.1 Å². The summed E-state index contributed by atoms with van der Waals surface area (Å²) in [6.07, 6.45) is 1.66. The van der Waals surface area contributed by atoms with Crippen LogP contribution in [0.1, 0.15) is 20.8 Å². The molecule has 128 valence electrons. The zero-order chi connectivity index (χ0) is 17.2. The summed E-state index contributed by atoms with van der Waals surface area (Å²) in [7, 11) is 0. The maximum atomic E-state index is 6.09. The van der Waals surface area contributed by atoms with E-state index in [1.54, 1.807) is 6.20 Å². The number of nitrogens with one attached hydrogen (secondary N) is 1. The van der Waals surface area contributed by atoms with Gasteiger partial charge in [0.15, 0.2) is 5.82 Å². The molecule has 3 rings (SSSR count). The molecule has 1 aliphatic rings. The standard InChI is InChI=1S/C17H23ClN6/c1-17(2,3)21-15-12-19-22-16(20-15)24-9-7-23(8-10-24)14-6-4-5-13(18)11-14/h4-6,11-12H,7-10H2,1-3H3,(H,20,21,22). The second-order valence-electron chi connectivity index (χ2n) is 6.97. The van der Waals surface area contributed by atoms with Gasteiger partial charge in [0.2, 0.25) is 5.95 Å². The molecule has 0 amide bonds. The Morgan fingerprint density at radius 3 is 2.46 bits per heavy atom. The predicted molar refractivity (Wildman–Crippen MR) is 99.1 cm³/mol. The Morgan fingerprint density at radius 1 is 1.08 bits per heavy atom. The predicted octanol–water partition coefficient (Wildman–Crippen LogP) is 3.06. The zero-order valence-corrected chi connectivity index (χ0v) is 15.1. The first-order valence-corrected chi connectivity index (χ1v) is 8.52. The van der Waals surface area contributed by atoms with Crippen LogP contribution in [0.5, 0.6) is 0 Å². The minimum Gasteiger partial charge on any atom is -0.368 e. The van der Waals surface area contributed by atoms with Gasteiger partial charge >= 0.3 is 0 Å². The summed E-state index contributed by atoms with van der Waals surface area (Å²) in [5.41, 5.74) is 1.10. The molecule has 1 fully saturated rings. The van der Waals surface area contributed by atoms with Crippen LogP contribution in [0.15, 0.2) is 30.5 Å². The van der Waals surface area contributed by atoms with Crippen LogP contribution < -0.4 is 15.1 Å². The van der Waals surface area contributed by atoms with Crippen LogP contribution in [0.3, 0.4) is 0 Å². The topological polar surface area (TPSA) is 57.2 Å². The molecule has 0 bridgehead atoms.